The van der Waals surface area contributed by atoms with E-state index in [0.717, 1.165) is 5.56 Å². The number of hydrogen-bond acceptors (Lipinski definition) is 2. The Kier molecular flexibility index (Phi) is 3.22. The molecular formula is C11H10ClN3O. The zero-order valence-corrected chi connectivity index (χ0v) is 9.16. The number of amides is 1. The van der Waals surface area contributed by atoms with Crippen LogP contribution in [0.15, 0.2) is 36.7 Å². The number of nitrogens with one attached hydrogen (secondary N) is 2. The Labute approximate surface area is 97.6 Å². The largest absolute Gasteiger partial charge is 0.319 e. The van der Waals surface area contributed by atoms with Crippen LogP contribution < -0.4 is 5.32 Å². The number of hydrogen-bond donors (Lipinski definition) is 2. The van der Waals surface area contributed by atoms with Crippen molar-refractivity contribution >= 4 is 23.2 Å². The van der Waals surface area contributed by atoms with Crippen molar-refractivity contribution in [2.45, 2.75) is 5.88 Å². The highest BCUT2D eigenvalue weighted by Gasteiger charge is 2.06. The second kappa shape index (κ2) is 4.81. The van der Waals surface area contributed by atoms with Gasteiger partial charge in [0.15, 0.2) is 0 Å². The Bertz CT molecular complexity index is 482. The molecule has 1 aromatic carbocycles. The van der Waals surface area contributed by atoms with Crippen LogP contribution in [-0.2, 0) is 5.88 Å². The number of halogens is 1. The van der Waals surface area contributed by atoms with Gasteiger partial charge in [-0.3, -0.25) is 9.89 Å². The lowest BCUT2D eigenvalue weighted by atomic mass is 10.1. The van der Waals surface area contributed by atoms with E-state index in [9.17, 15) is 4.79 Å². The van der Waals surface area contributed by atoms with Crippen LogP contribution in [0.3, 0.4) is 0 Å². The van der Waals surface area contributed by atoms with E-state index in [1.807, 2.05) is 12.1 Å². The van der Waals surface area contributed by atoms with Crippen LogP contribution in [0.5, 0.6) is 0 Å². The summed E-state index contributed by atoms with van der Waals surface area (Å²) in [6.45, 7) is 0. The maximum atomic E-state index is 11.8. The summed E-state index contributed by atoms with van der Waals surface area (Å²) in [5.41, 5.74) is 2.14. The maximum Gasteiger partial charge on any atom is 0.255 e. The predicted octanol–water partition coefficient (Wildman–Crippen LogP) is 2.40. The van der Waals surface area contributed by atoms with Crippen molar-refractivity contribution in [3.8, 4) is 0 Å². The Morgan fingerprint density at radius 1 is 1.50 bits per heavy atom. The first-order chi connectivity index (χ1) is 7.79. The normalized spacial score (nSPS) is 10.1. The third-order valence-corrected chi connectivity index (χ3v) is 2.41. The maximum absolute atomic E-state index is 11.8. The molecule has 0 aliphatic heterocycles. The molecule has 4 nitrogen and oxygen atoms in total. The fourth-order valence-electron chi connectivity index (χ4n) is 1.32. The second-order valence-electron chi connectivity index (χ2n) is 3.28. The van der Waals surface area contributed by atoms with Gasteiger partial charge in [-0.05, 0) is 17.7 Å². The predicted molar refractivity (Wildman–Crippen MR) is 62.5 cm³/mol. The molecule has 2 aromatic rings. The van der Waals surface area contributed by atoms with E-state index in [2.05, 4.69) is 15.5 Å². The minimum Gasteiger partial charge on any atom is -0.319 e. The quantitative estimate of drug-likeness (QED) is 0.803. The third kappa shape index (κ3) is 2.41. The summed E-state index contributed by atoms with van der Waals surface area (Å²) in [4.78, 5) is 11.8. The number of alkyl halides is 1. The van der Waals surface area contributed by atoms with Crippen LogP contribution in [0.4, 0.5) is 5.69 Å². The van der Waals surface area contributed by atoms with Crippen molar-refractivity contribution < 1.29 is 4.79 Å². The van der Waals surface area contributed by atoms with Gasteiger partial charge in [-0.15, -0.1) is 11.6 Å². The number of carbonyl (C=O) groups excluding carboxylic acids is 1. The molecule has 0 atom stereocenters. The van der Waals surface area contributed by atoms with Gasteiger partial charge in [0.1, 0.15) is 0 Å². The van der Waals surface area contributed by atoms with Crippen LogP contribution in [0.25, 0.3) is 0 Å². The number of benzene rings is 1. The Balaban J connectivity index is 2.14. The first-order valence-electron chi connectivity index (χ1n) is 4.74. The Morgan fingerprint density at radius 2 is 2.38 bits per heavy atom. The van der Waals surface area contributed by atoms with Gasteiger partial charge in [0.05, 0.1) is 11.9 Å². The minimum atomic E-state index is -0.173. The topological polar surface area (TPSA) is 57.8 Å². The number of aromatic amines is 1. The van der Waals surface area contributed by atoms with Gasteiger partial charge in [0, 0.05) is 17.6 Å². The number of rotatable bonds is 3. The summed E-state index contributed by atoms with van der Waals surface area (Å²) in [5.74, 6) is 0.223. The molecule has 0 saturated heterocycles. The van der Waals surface area contributed by atoms with Crippen LogP contribution in [-0.4, -0.2) is 16.1 Å². The van der Waals surface area contributed by atoms with E-state index in [1.54, 1.807) is 24.5 Å². The van der Waals surface area contributed by atoms with Crippen molar-refractivity contribution in [2.75, 3.05) is 5.32 Å². The van der Waals surface area contributed by atoms with E-state index >= 15 is 0 Å². The highest BCUT2D eigenvalue weighted by molar-refractivity contribution is 6.17. The summed E-state index contributed by atoms with van der Waals surface area (Å²) in [7, 11) is 0. The summed E-state index contributed by atoms with van der Waals surface area (Å²) in [5, 5.41) is 9.08. The first kappa shape index (κ1) is 10.7. The van der Waals surface area contributed by atoms with Crippen LogP contribution in [0.1, 0.15) is 15.9 Å². The molecule has 1 heterocycles. The fourth-order valence-corrected chi connectivity index (χ4v) is 1.48. The van der Waals surface area contributed by atoms with Gasteiger partial charge >= 0.3 is 0 Å². The average molecular weight is 236 g/mol. The number of aromatic nitrogens is 2. The molecule has 0 radical (unpaired) electrons. The summed E-state index contributed by atoms with van der Waals surface area (Å²) in [6, 6.07) is 7.19. The number of nitrogens with zero attached hydrogens (tertiary/aromatic N) is 1. The van der Waals surface area contributed by atoms with Crippen molar-refractivity contribution in [3.63, 3.8) is 0 Å². The number of carbonyl (C=O) groups is 1. The van der Waals surface area contributed by atoms with Crippen LogP contribution in [0.2, 0.25) is 0 Å². The van der Waals surface area contributed by atoms with Gasteiger partial charge in [0.25, 0.3) is 5.91 Å². The molecule has 2 N–H and O–H groups in total. The molecule has 2 rings (SSSR count). The Hall–Kier alpha value is -1.81. The average Bonchev–Trinajstić information content (AvgIpc) is 2.82. The highest BCUT2D eigenvalue weighted by Crippen LogP contribution is 2.10. The monoisotopic (exact) mass is 235 g/mol. The lowest BCUT2D eigenvalue weighted by Crippen LogP contribution is -2.11. The summed E-state index contributed by atoms with van der Waals surface area (Å²) in [6.07, 6.45) is 3.16. The number of H-pyrrole nitrogens is 1. The molecule has 0 spiro atoms. The fraction of sp³-hybridized carbons (Fsp3) is 0.0909. The summed E-state index contributed by atoms with van der Waals surface area (Å²) >= 11 is 5.70. The highest BCUT2D eigenvalue weighted by atomic mass is 35.5. The molecule has 0 aliphatic carbocycles. The second-order valence-corrected chi connectivity index (χ2v) is 3.54. The minimum absolute atomic E-state index is 0.173. The lowest BCUT2D eigenvalue weighted by Gasteiger charge is -2.03. The SMILES string of the molecule is O=C(Nc1cn[nH]c1)c1cccc(CCl)c1. The Morgan fingerprint density at radius 3 is 3.06 bits per heavy atom. The van der Waals surface area contributed by atoms with E-state index < -0.39 is 0 Å². The smallest absolute Gasteiger partial charge is 0.255 e. The molecule has 5 heteroatoms. The molecule has 1 aromatic heterocycles. The van der Waals surface area contributed by atoms with Crippen molar-refractivity contribution in [2.24, 2.45) is 0 Å². The molecule has 0 fully saturated rings. The molecule has 0 aliphatic rings. The molecule has 0 unspecified atom stereocenters. The lowest BCUT2D eigenvalue weighted by molar-refractivity contribution is 0.102. The van der Waals surface area contributed by atoms with Gasteiger partial charge in [-0.25, -0.2) is 0 Å². The van der Waals surface area contributed by atoms with Crippen molar-refractivity contribution in [3.05, 3.63) is 47.8 Å². The van der Waals surface area contributed by atoms with Gasteiger partial charge < -0.3 is 5.32 Å². The molecular weight excluding hydrogens is 226 g/mol. The number of anilines is 1. The van der Waals surface area contributed by atoms with Gasteiger partial charge in [-0.2, -0.15) is 5.10 Å². The molecule has 16 heavy (non-hydrogen) atoms. The summed E-state index contributed by atoms with van der Waals surface area (Å²) < 4.78 is 0. The first-order valence-corrected chi connectivity index (χ1v) is 5.28. The standard InChI is InChI=1S/C11H10ClN3O/c12-5-8-2-1-3-9(4-8)11(16)15-10-6-13-14-7-10/h1-4,6-7H,5H2,(H,13,14)(H,15,16). The molecule has 1 amide bonds. The molecule has 82 valence electrons. The third-order valence-electron chi connectivity index (χ3n) is 2.10. The molecule has 0 bridgehead atoms. The zero-order chi connectivity index (χ0) is 11.4. The van der Waals surface area contributed by atoms with E-state index in [1.165, 1.54) is 0 Å². The zero-order valence-electron chi connectivity index (χ0n) is 8.40. The molecule has 0 saturated carbocycles. The van der Waals surface area contributed by atoms with E-state index in [4.69, 9.17) is 11.6 Å². The van der Waals surface area contributed by atoms with Crippen LogP contribution >= 0.6 is 11.6 Å². The van der Waals surface area contributed by atoms with E-state index in [-0.39, 0.29) is 5.91 Å². The van der Waals surface area contributed by atoms with Crippen LogP contribution in [0, 0.1) is 0 Å². The van der Waals surface area contributed by atoms with Gasteiger partial charge in [0.2, 0.25) is 0 Å². The van der Waals surface area contributed by atoms with Gasteiger partial charge in [-0.1, -0.05) is 12.1 Å². The van der Waals surface area contributed by atoms with Crippen molar-refractivity contribution in [1.82, 2.24) is 10.2 Å². The van der Waals surface area contributed by atoms with E-state index in [0.29, 0.717) is 17.1 Å². The van der Waals surface area contributed by atoms with Crippen molar-refractivity contribution in [1.29, 1.82) is 0 Å².